The summed E-state index contributed by atoms with van der Waals surface area (Å²) in [5.74, 6) is 0.387. The SMILES string of the molecule is CC(C)Sc1ccc(-c2cc(N)[nH]c(=O)c2)cc1. The van der Waals surface area contributed by atoms with E-state index in [0.717, 1.165) is 11.1 Å². The van der Waals surface area contributed by atoms with E-state index < -0.39 is 0 Å². The molecule has 3 nitrogen and oxygen atoms in total. The molecule has 0 amide bonds. The van der Waals surface area contributed by atoms with Crippen LogP contribution in [0.25, 0.3) is 11.1 Å². The molecular weight excluding hydrogens is 244 g/mol. The number of nitrogen functional groups attached to an aromatic ring is 1. The summed E-state index contributed by atoms with van der Waals surface area (Å²) in [7, 11) is 0. The van der Waals surface area contributed by atoms with Crippen molar-refractivity contribution in [2.45, 2.75) is 24.0 Å². The summed E-state index contributed by atoms with van der Waals surface area (Å²) in [6.07, 6.45) is 0. The lowest BCUT2D eigenvalue weighted by Gasteiger charge is -2.06. The Morgan fingerprint density at radius 3 is 2.33 bits per heavy atom. The third kappa shape index (κ3) is 3.17. The minimum atomic E-state index is -0.175. The van der Waals surface area contributed by atoms with Gasteiger partial charge in [-0.2, -0.15) is 0 Å². The summed E-state index contributed by atoms with van der Waals surface area (Å²) >= 11 is 1.82. The molecule has 1 aromatic carbocycles. The number of thioether (sulfide) groups is 1. The van der Waals surface area contributed by atoms with E-state index in [4.69, 9.17) is 5.73 Å². The average molecular weight is 260 g/mol. The summed E-state index contributed by atoms with van der Waals surface area (Å²) in [6.45, 7) is 4.33. The quantitative estimate of drug-likeness (QED) is 0.834. The second-order valence-electron chi connectivity index (χ2n) is 4.38. The highest BCUT2D eigenvalue weighted by atomic mass is 32.2. The Labute approximate surface area is 110 Å². The van der Waals surface area contributed by atoms with E-state index in [1.165, 1.54) is 4.90 Å². The molecule has 1 heterocycles. The molecule has 0 atom stereocenters. The third-order valence-corrected chi connectivity index (χ3v) is 3.44. The van der Waals surface area contributed by atoms with Crippen molar-refractivity contribution in [1.29, 1.82) is 0 Å². The Kier molecular flexibility index (Phi) is 3.77. The van der Waals surface area contributed by atoms with E-state index in [0.29, 0.717) is 11.1 Å². The molecule has 0 aliphatic heterocycles. The minimum Gasteiger partial charge on any atom is -0.385 e. The van der Waals surface area contributed by atoms with E-state index in [2.05, 4.69) is 31.0 Å². The minimum absolute atomic E-state index is 0.175. The van der Waals surface area contributed by atoms with Crippen molar-refractivity contribution in [3.05, 3.63) is 46.8 Å². The number of hydrogen-bond acceptors (Lipinski definition) is 3. The fraction of sp³-hybridized carbons (Fsp3) is 0.214. The monoisotopic (exact) mass is 260 g/mol. The highest BCUT2D eigenvalue weighted by Gasteiger charge is 2.02. The molecule has 2 aromatic rings. The van der Waals surface area contributed by atoms with E-state index in [9.17, 15) is 4.79 Å². The van der Waals surface area contributed by atoms with Gasteiger partial charge in [-0.15, -0.1) is 11.8 Å². The van der Waals surface area contributed by atoms with Crippen LogP contribution in [0.5, 0.6) is 0 Å². The fourth-order valence-electron chi connectivity index (χ4n) is 1.73. The number of nitrogens with one attached hydrogen (secondary N) is 1. The molecule has 0 aliphatic rings. The van der Waals surface area contributed by atoms with Crippen molar-refractivity contribution < 1.29 is 0 Å². The summed E-state index contributed by atoms with van der Waals surface area (Å²) in [4.78, 5) is 15.1. The largest absolute Gasteiger partial charge is 0.385 e. The molecule has 0 unspecified atom stereocenters. The highest BCUT2D eigenvalue weighted by Crippen LogP contribution is 2.26. The van der Waals surface area contributed by atoms with Crippen LogP contribution in [0.2, 0.25) is 0 Å². The maximum absolute atomic E-state index is 11.4. The van der Waals surface area contributed by atoms with E-state index in [1.54, 1.807) is 12.1 Å². The van der Waals surface area contributed by atoms with Crippen LogP contribution >= 0.6 is 11.8 Å². The van der Waals surface area contributed by atoms with Crippen LogP contribution in [-0.2, 0) is 0 Å². The van der Waals surface area contributed by atoms with Crippen LogP contribution in [0.15, 0.2) is 46.1 Å². The van der Waals surface area contributed by atoms with E-state index in [1.807, 2.05) is 23.9 Å². The molecule has 0 bridgehead atoms. The maximum Gasteiger partial charge on any atom is 0.250 e. The summed E-state index contributed by atoms with van der Waals surface area (Å²) in [5, 5.41) is 0.561. The zero-order chi connectivity index (χ0) is 13.1. The standard InChI is InChI=1S/C14H16N2OS/c1-9(2)18-12-5-3-10(4-6-12)11-7-13(15)16-14(17)8-11/h3-9H,1-2H3,(H3,15,16,17). The summed E-state index contributed by atoms with van der Waals surface area (Å²) < 4.78 is 0. The van der Waals surface area contributed by atoms with Gasteiger partial charge in [0.15, 0.2) is 0 Å². The first-order valence-electron chi connectivity index (χ1n) is 5.81. The number of aromatic nitrogens is 1. The molecular formula is C14H16N2OS. The van der Waals surface area contributed by atoms with Crippen LogP contribution in [0.3, 0.4) is 0 Å². The molecule has 3 N–H and O–H groups in total. The van der Waals surface area contributed by atoms with Crippen LogP contribution in [0.4, 0.5) is 5.82 Å². The predicted octanol–water partition coefficient (Wildman–Crippen LogP) is 3.12. The predicted molar refractivity (Wildman–Crippen MR) is 77.9 cm³/mol. The number of H-pyrrole nitrogens is 1. The van der Waals surface area contributed by atoms with Crippen LogP contribution in [0.1, 0.15) is 13.8 Å². The zero-order valence-electron chi connectivity index (χ0n) is 10.4. The Hall–Kier alpha value is -1.68. The van der Waals surface area contributed by atoms with Crippen molar-refractivity contribution in [2.75, 3.05) is 5.73 Å². The summed E-state index contributed by atoms with van der Waals surface area (Å²) in [6, 6.07) is 11.5. The molecule has 1 aromatic heterocycles. The molecule has 0 radical (unpaired) electrons. The van der Waals surface area contributed by atoms with Gasteiger partial charge in [0.25, 0.3) is 0 Å². The molecule has 0 saturated carbocycles. The van der Waals surface area contributed by atoms with Gasteiger partial charge in [0.1, 0.15) is 5.82 Å². The Morgan fingerprint density at radius 2 is 1.78 bits per heavy atom. The van der Waals surface area contributed by atoms with Gasteiger partial charge in [0.05, 0.1) is 0 Å². The first kappa shape index (κ1) is 12.8. The maximum atomic E-state index is 11.4. The molecule has 0 spiro atoms. The highest BCUT2D eigenvalue weighted by molar-refractivity contribution is 7.99. The summed E-state index contributed by atoms with van der Waals surface area (Å²) in [5.41, 5.74) is 7.30. The van der Waals surface area contributed by atoms with E-state index in [-0.39, 0.29) is 5.56 Å². The lowest BCUT2D eigenvalue weighted by atomic mass is 10.1. The van der Waals surface area contributed by atoms with Gasteiger partial charge in [-0.25, -0.2) is 0 Å². The number of anilines is 1. The van der Waals surface area contributed by atoms with Crippen molar-refractivity contribution in [1.82, 2.24) is 4.98 Å². The lowest BCUT2D eigenvalue weighted by molar-refractivity contribution is 1.11. The van der Waals surface area contributed by atoms with Crippen molar-refractivity contribution in [3.8, 4) is 11.1 Å². The van der Waals surface area contributed by atoms with Gasteiger partial charge in [0.2, 0.25) is 5.56 Å². The Balaban J connectivity index is 2.31. The second kappa shape index (κ2) is 5.31. The normalized spacial score (nSPS) is 10.8. The Morgan fingerprint density at radius 1 is 1.11 bits per heavy atom. The van der Waals surface area contributed by atoms with Crippen molar-refractivity contribution >= 4 is 17.6 Å². The van der Waals surface area contributed by atoms with Crippen molar-refractivity contribution in [3.63, 3.8) is 0 Å². The first-order valence-corrected chi connectivity index (χ1v) is 6.69. The number of benzene rings is 1. The molecule has 0 aliphatic carbocycles. The number of nitrogens with two attached hydrogens (primary N) is 1. The average Bonchev–Trinajstić information content (AvgIpc) is 2.27. The lowest BCUT2D eigenvalue weighted by Crippen LogP contribution is -2.07. The fourth-order valence-corrected chi connectivity index (χ4v) is 2.57. The van der Waals surface area contributed by atoms with Crippen LogP contribution in [0, 0.1) is 0 Å². The number of rotatable bonds is 3. The second-order valence-corrected chi connectivity index (χ2v) is 6.03. The van der Waals surface area contributed by atoms with Crippen molar-refractivity contribution in [2.24, 2.45) is 0 Å². The van der Waals surface area contributed by atoms with Crippen LogP contribution in [-0.4, -0.2) is 10.2 Å². The smallest absolute Gasteiger partial charge is 0.250 e. The molecule has 18 heavy (non-hydrogen) atoms. The van der Waals surface area contributed by atoms with Gasteiger partial charge in [-0.3, -0.25) is 4.79 Å². The van der Waals surface area contributed by atoms with E-state index >= 15 is 0 Å². The van der Waals surface area contributed by atoms with Crippen LogP contribution < -0.4 is 11.3 Å². The molecule has 0 fully saturated rings. The molecule has 2 rings (SSSR count). The molecule has 94 valence electrons. The third-order valence-electron chi connectivity index (χ3n) is 2.42. The first-order chi connectivity index (χ1) is 8.54. The van der Waals surface area contributed by atoms with Gasteiger partial charge in [0, 0.05) is 16.2 Å². The van der Waals surface area contributed by atoms with Gasteiger partial charge >= 0.3 is 0 Å². The Bertz CT molecular complexity index is 587. The van der Waals surface area contributed by atoms with Gasteiger partial charge < -0.3 is 10.7 Å². The van der Waals surface area contributed by atoms with Gasteiger partial charge in [-0.05, 0) is 29.3 Å². The van der Waals surface area contributed by atoms with Gasteiger partial charge in [-0.1, -0.05) is 26.0 Å². The molecule has 4 heteroatoms. The number of hydrogen-bond donors (Lipinski definition) is 2. The topological polar surface area (TPSA) is 58.9 Å². The number of pyridine rings is 1. The molecule has 0 saturated heterocycles. The number of aromatic amines is 1. The zero-order valence-corrected chi connectivity index (χ0v) is 11.3.